The minimum Gasteiger partial charge on any atom is -0.211 e. The van der Waals surface area contributed by atoms with Gasteiger partial charge >= 0.3 is 0 Å². The molecule has 0 bridgehead atoms. The highest BCUT2D eigenvalue weighted by atomic mass is 35.5. The van der Waals surface area contributed by atoms with E-state index in [2.05, 4.69) is 4.99 Å². The van der Waals surface area contributed by atoms with Crippen LogP contribution >= 0.6 is 23.4 Å². The molecular formula is C13H14ClNOS. The number of isocyanates is 1. The number of nitrogens with zero attached hydrogens (tertiary/aromatic N) is 1. The van der Waals surface area contributed by atoms with Crippen molar-refractivity contribution >= 4 is 29.4 Å². The van der Waals surface area contributed by atoms with E-state index in [1.165, 1.54) is 0 Å². The average Bonchev–Trinajstić information content (AvgIpc) is 2.79. The molecule has 0 heterocycles. The molecular weight excluding hydrogens is 254 g/mol. The predicted molar refractivity (Wildman–Crippen MR) is 71.5 cm³/mol. The normalized spacial score (nSPS) is 17.8. The van der Waals surface area contributed by atoms with Gasteiger partial charge in [-0.05, 0) is 36.8 Å². The Morgan fingerprint density at radius 1 is 1.41 bits per heavy atom. The number of hydrogen-bond acceptors (Lipinski definition) is 3. The van der Waals surface area contributed by atoms with Crippen LogP contribution in [0.4, 0.5) is 0 Å². The second-order valence-electron chi connectivity index (χ2n) is 4.29. The number of benzene rings is 1. The van der Waals surface area contributed by atoms with Crippen molar-refractivity contribution in [3.8, 4) is 0 Å². The highest BCUT2D eigenvalue weighted by molar-refractivity contribution is 7.98. The molecule has 90 valence electrons. The summed E-state index contributed by atoms with van der Waals surface area (Å²) in [5.41, 5.74) is 0.670. The molecule has 1 aromatic rings. The van der Waals surface area contributed by atoms with Crippen LogP contribution in [0.3, 0.4) is 0 Å². The molecule has 0 spiro atoms. The quantitative estimate of drug-likeness (QED) is 0.467. The number of thioether (sulfide) groups is 1. The Morgan fingerprint density at radius 2 is 2.12 bits per heavy atom. The molecule has 1 aliphatic rings. The van der Waals surface area contributed by atoms with E-state index in [1.54, 1.807) is 17.8 Å². The zero-order chi connectivity index (χ0) is 12.3. The van der Waals surface area contributed by atoms with E-state index in [1.807, 2.05) is 24.5 Å². The highest BCUT2D eigenvalue weighted by Gasteiger charge is 2.35. The zero-order valence-electron chi connectivity index (χ0n) is 9.70. The molecule has 1 aliphatic carbocycles. The van der Waals surface area contributed by atoms with Crippen molar-refractivity contribution in [1.29, 1.82) is 0 Å². The summed E-state index contributed by atoms with van der Waals surface area (Å²) in [6.45, 7) is 0. The molecule has 17 heavy (non-hydrogen) atoms. The van der Waals surface area contributed by atoms with E-state index in [0.717, 1.165) is 41.2 Å². The Labute approximate surface area is 110 Å². The summed E-state index contributed by atoms with van der Waals surface area (Å²) >= 11 is 7.83. The van der Waals surface area contributed by atoms with Crippen molar-refractivity contribution in [1.82, 2.24) is 0 Å². The van der Waals surface area contributed by atoms with E-state index < -0.39 is 0 Å². The summed E-state index contributed by atoms with van der Waals surface area (Å²) in [5, 5.41) is 0.738. The van der Waals surface area contributed by atoms with Crippen molar-refractivity contribution < 1.29 is 4.79 Å². The topological polar surface area (TPSA) is 29.4 Å². The molecule has 1 aromatic carbocycles. The first-order valence-electron chi connectivity index (χ1n) is 5.65. The SMILES string of the molecule is CSc1ccc(C2(N=C=O)CCCC2)cc1Cl. The maximum Gasteiger partial charge on any atom is 0.235 e. The van der Waals surface area contributed by atoms with Gasteiger partial charge in [0.15, 0.2) is 0 Å². The van der Waals surface area contributed by atoms with E-state index in [-0.39, 0.29) is 5.54 Å². The third-order valence-corrected chi connectivity index (χ3v) is 4.60. The van der Waals surface area contributed by atoms with Crippen molar-refractivity contribution in [2.45, 2.75) is 36.1 Å². The Morgan fingerprint density at radius 3 is 2.65 bits per heavy atom. The van der Waals surface area contributed by atoms with Crippen molar-refractivity contribution in [3.05, 3.63) is 28.8 Å². The Kier molecular flexibility index (Phi) is 3.93. The van der Waals surface area contributed by atoms with Gasteiger partial charge in [0, 0.05) is 4.90 Å². The van der Waals surface area contributed by atoms with Crippen LogP contribution in [0.2, 0.25) is 5.02 Å². The lowest BCUT2D eigenvalue weighted by Gasteiger charge is -2.23. The minimum absolute atomic E-state index is 0.373. The molecule has 0 amide bonds. The van der Waals surface area contributed by atoms with Gasteiger partial charge in [0.25, 0.3) is 0 Å². The molecule has 0 atom stereocenters. The van der Waals surface area contributed by atoms with Gasteiger partial charge in [0.2, 0.25) is 6.08 Å². The lowest BCUT2D eigenvalue weighted by Crippen LogP contribution is -2.18. The third kappa shape index (κ3) is 2.42. The summed E-state index contributed by atoms with van der Waals surface area (Å²) in [6, 6.07) is 5.98. The smallest absolute Gasteiger partial charge is 0.211 e. The molecule has 0 aliphatic heterocycles. The minimum atomic E-state index is -0.373. The largest absolute Gasteiger partial charge is 0.235 e. The van der Waals surface area contributed by atoms with Gasteiger partial charge in [-0.2, -0.15) is 4.99 Å². The van der Waals surface area contributed by atoms with Crippen LogP contribution in [0.1, 0.15) is 31.2 Å². The van der Waals surface area contributed by atoms with Gasteiger partial charge in [-0.1, -0.05) is 30.5 Å². The first kappa shape index (κ1) is 12.7. The maximum absolute atomic E-state index is 10.6. The van der Waals surface area contributed by atoms with Gasteiger partial charge in [0.1, 0.15) is 0 Å². The van der Waals surface area contributed by atoms with Crippen LogP contribution in [-0.4, -0.2) is 12.3 Å². The molecule has 0 radical (unpaired) electrons. The number of rotatable bonds is 3. The lowest BCUT2D eigenvalue weighted by molar-refractivity contribution is 0.455. The predicted octanol–water partition coefficient (Wildman–Crippen LogP) is 4.17. The Balaban J connectivity index is 2.44. The van der Waals surface area contributed by atoms with Crippen LogP contribution in [0.25, 0.3) is 0 Å². The first-order chi connectivity index (χ1) is 8.22. The van der Waals surface area contributed by atoms with E-state index in [9.17, 15) is 4.79 Å². The van der Waals surface area contributed by atoms with Crippen LogP contribution in [0, 0.1) is 0 Å². The number of hydrogen-bond donors (Lipinski definition) is 0. The highest BCUT2D eigenvalue weighted by Crippen LogP contribution is 2.43. The molecule has 0 aromatic heterocycles. The Hall–Kier alpha value is -0.760. The van der Waals surface area contributed by atoms with Crippen molar-refractivity contribution in [3.63, 3.8) is 0 Å². The van der Waals surface area contributed by atoms with Crippen LogP contribution < -0.4 is 0 Å². The lowest BCUT2D eigenvalue weighted by atomic mass is 9.89. The van der Waals surface area contributed by atoms with Crippen LogP contribution in [0.5, 0.6) is 0 Å². The average molecular weight is 268 g/mol. The summed E-state index contributed by atoms with van der Waals surface area (Å²) in [4.78, 5) is 15.7. The van der Waals surface area contributed by atoms with Gasteiger partial charge in [0.05, 0.1) is 10.6 Å². The molecule has 0 unspecified atom stereocenters. The molecule has 1 fully saturated rings. The van der Waals surface area contributed by atoms with E-state index in [0.29, 0.717) is 0 Å². The Bertz CT molecular complexity index is 462. The fraction of sp³-hybridized carbons (Fsp3) is 0.462. The molecule has 2 rings (SSSR count). The monoisotopic (exact) mass is 267 g/mol. The second kappa shape index (κ2) is 5.26. The van der Waals surface area contributed by atoms with Crippen LogP contribution in [0.15, 0.2) is 28.1 Å². The van der Waals surface area contributed by atoms with Gasteiger partial charge in [-0.15, -0.1) is 11.8 Å². The summed E-state index contributed by atoms with van der Waals surface area (Å²) in [6.07, 6.45) is 7.76. The summed E-state index contributed by atoms with van der Waals surface area (Å²) in [7, 11) is 0. The van der Waals surface area contributed by atoms with Gasteiger partial charge < -0.3 is 0 Å². The second-order valence-corrected chi connectivity index (χ2v) is 5.55. The molecule has 4 heteroatoms. The third-order valence-electron chi connectivity index (χ3n) is 3.38. The zero-order valence-corrected chi connectivity index (χ0v) is 11.3. The molecule has 0 N–H and O–H groups in total. The fourth-order valence-electron chi connectivity index (χ4n) is 2.47. The molecule has 1 saturated carbocycles. The number of aliphatic imine (C=N–C) groups is 1. The molecule has 0 saturated heterocycles. The van der Waals surface area contributed by atoms with Gasteiger partial charge in [-0.25, -0.2) is 4.79 Å². The van der Waals surface area contributed by atoms with Crippen molar-refractivity contribution in [2.75, 3.05) is 6.26 Å². The summed E-state index contributed by atoms with van der Waals surface area (Å²) in [5.74, 6) is 0. The van der Waals surface area contributed by atoms with Gasteiger partial charge in [-0.3, -0.25) is 0 Å². The summed E-state index contributed by atoms with van der Waals surface area (Å²) < 4.78 is 0. The number of carbonyl (C=O) groups excluding carboxylic acids is 1. The van der Waals surface area contributed by atoms with Crippen molar-refractivity contribution in [2.24, 2.45) is 4.99 Å². The number of halogens is 1. The van der Waals surface area contributed by atoms with Crippen LogP contribution in [-0.2, 0) is 10.3 Å². The standard InChI is InChI=1S/C13H14ClNOS/c1-17-12-5-4-10(8-11(12)14)13(15-9-16)6-2-3-7-13/h4-5,8H,2-3,6-7H2,1H3. The van der Waals surface area contributed by atoms with E-state index >= 15 is 0 Å². The maximum atomic E-state index is 10.6. The fourth-order valence-corrected chi connectivity index (χ4v) is 3.34. The van der Waals surface area contributed by atoms with E-state index in [4.69, 9.17) is 11.6 Å². The molecule has 2 nitrogen and oxygen atoms in total. The first-order valence-corrected chi connectivity index (χ1v) is 7.25.